The van der Waals surface area contributed by atoms with Gasteiger partial charge in [-0.2, -0.15) is 0 Å². The summed E-state index contributed by atoms with van der Waals surface area (Å²) in [7, 11) is 0. The number of rotatable bonds is 3. The van der Waals surface area contributed by atoms with Crippen LogP contribution in [0.15, 0.2) is 17.6 Å². The molecule has 2 rings (SSSR count). The van der Waals surface area contributed by atoms with E-state index in [9.17, 15) is 4.79 Å². The van der Waals surface area contributed by atoms with E-state index in [-0.39, 0.29) is 17.6 Å². The number of amidine groups is 1. The molecule has 0 radical (unpaired) electrons. The molecule has 0 N–H and O–H groups in total. The van der Waals surface area contributed by atoms with Gasteiger partial charge in [-0.25, -0.2) is 4.79 Å². The van der Waals surface area contributed by atoms with Crippen LogP contribution in [0.2, 0.25) is 0 Å². The molecule has 0 aliphatic carbocycles. The van der Waals surface area contributed by atoms with Crippen molar-refractivity contribution in [3.8, 4) is 0 Å². The second-order valence-corrected chi connectivity index (χ2v) is 4.76. The van der Waals surface area contributed by atoms with E-state index < -0.39 is 0 Å². The molecule has 0 bridgehead atoms. The van der Waals surface area contributed by atoms with E-state index in [1.807, 2.05) is 0 Å². The monoisotopic (exact) mass is 222 g/mol. The first-order chi connectivity index (χ1) is 7.56. The summed E-state index contributed by atoms with van der Waals surface area (Å²) in [6.45, 7) is 8.86. The maximum absolute atomic E-state index is 11.8. The third-order valence-electron chi connectivity index (χ3n) is 3.02. The van der Waals surface area contributed by atoms with Crippen molar-refractivity contribution in [2.75, 3.05) is 13.2 Å². The average Bonchev–Trinajstić information content (AvgIpc) is 2.67. The van der Waals surface area contributed by atoms with E-state index in [4.69, 9.17) is 4.74 Å². The lowest BCUT2D eigenvalue weighted by Crippen LogP contribution is -2.41. The molecule has 0 amide bonds. The van der Waals surface area contributed by atoms with Gasteiger partial charge in [0.2, 0.25) is 0 Å². The van der Waals surface area contributed by atoms with Crippen molar-refractivity contribution in [3.63, 3.8) is 0 Å². The smallest absolute Gasteiger partial charge is 0.329 e. The van der Waals surface area contributed by atoms with Gasteiger partial charge < -0.3 is 9.64 Å². The van der Waals surface area contributed by atoms with Crippen LogP contribution in [0, 0.1) is 0 Å². The maximum atomic E-state index is 11.8. The lowest BCUT2D eigenvalue weighted by molar-refractivity contribution is -0.146. The van der Waals surface area contributed by atoms with E-state index >= 15 is 0 Å². The second kappa shape index (κ2) is 3.92. The number of carbonyl (C=O) groups excluding carboxylic acids is 1. The van der Waals surface area contributed by atoms with Crippen LogP contribution in [0.3, 0.4) is 0 Å². The standard InChI is InChI=1S/C12H18N2O2/c1-4-8-16-10(15)9-6-5-7-14(9)11-12(2,3)13-11/h4,9H,1,5-8H2,2-3H3/t9-/m0/s1. The minimum atomic E-state index is -0.150. The van der Waals surface area contributed by atoms with Gasteiger partial charge in [0, 0.05) is 6.54 Å². The first kappa shape index (κ1) is 11.2. The highest BCUT2D eigenvalue weighted by atomic mass is 16.5. The lowest BCUT2D eigenvalue weighted by Gasteiger charge is -2.22. The van der Waals surface area contributed by atoms with Crippen molar-refractivity contribution in [1.29, 1.82) is 0 Å². The first-order valence-corrected chi connectivity index (χ1v) is 5.71. The summed E-state index contributed by atoms with van der Waals surface area (Å²) in [5, 5.41) is 0. The Morgan fingerprint density at radius 1 is 1.75 bits per heavy atom. The van der Waals surface area contributed by atoms with Gasteiger partial charge in [-0.3, -0.25) is 4.99 Å². The van der Waals surface area contributed by atoms with Gasteiger partial charge in [0.05, 0.1) is 0 Å². The van der Waals surface area contributed by atoms with Gasteiger partial charge in [0.1, 0.15) is 24.0 Å². The van der Waals surface area contributed by atoms with Crippen LogP contribution in [0.4, 0.5) is 0 Å². The van der Waals surface area contributed by atoms with E-state index in [2.05, 4.69) is 30.3 Å². The Balaban J connectivity index is 1.96. The van der Waals surface area contributed by atoms with Gasteiger partial charge in [0.25, 0.3) is 0 Å². The van der Waals surface area contributed by atoms with Crippen LogP contribution in [0.25, 0.3) is 0 Å². The third-order valence-corrected chi connectivity index (χ3v) is 3.02. The Morgan fingerprint density at radius 2 is 2.44 bits per heavy atom. The lowest BCUT2D eigenvalue weighted by atomic mass is 10.1. The highest BCUT2D eigenvalue weighted by Gasteiger charge is 2.47. The molecule has 0 aromatic heterocycles. The molecule has 1 atom stereocenters. The number of esters is 1. The molecular formula is C12H18N2O2. The quantitative estimate of drug-likeness (QED) is 0.535. The molecule has 2 aliphatic rings. The molecule has 2 heterocycles. The maximum Gasteiger partial charge on any atom is 0.329 e. The summed E-state index contributed by atoms with van der Waals surface area (Å²) in [6.07, 6.45) is 3.49. The fourth-order valence-electron chi connectivity index (χ4n) is 2.15. The van der Waals surface area contributed by atoms with E-state index in [1.54, 1.807) is 6.08 Å². The van der Waals surface area contributed by atoms with E-state index in [0.717, 1.165) is 25.2 Å². The summed E-state index contributed by atoms with van der Waals surface area (Å²) in [4.78, 5) is 18.3. The van der Waals surface area contributed by atoms with Crippen molar-refractivity contribution >= 4 is 11.8 Å². The number of hydrogen-bond acceptors (Lipinski definition) is 4. The minimum absolute atomic E-state index is 0.0681. The molecule has 88 valence electrons. The van der Waals surface area contributed by atoms with Crippen molar-refractivity contribution in [3.05, 3.63) is 12.7 Å². The largest absolute Gasteiger partial charge is 0.460 e. The average molecular weight is 222 g/mol. The Morgan fingerprint density at radius 3 is 3.00 bits per heavy atom. The first-order valence-electron chi connectivity index (χ1n) is 5.71. The summed E-state index contributed by atoms with van der Waals surface area (Å²) in [5.41, 5.74) is -0.0681. The Bertz CT molecular complexity index is 347. The van der Waals surface area contributed by atoms with Crippen molar-refractivity contribution < 1.29 is 9.53 Å². The zero-order valence-corrected chi connectivity index (χ0v) is 9.90. The van der Waals surface area contributed by atoms with Gasteiger partial charge in [-0.05, 0) is 26.7 Å². The Labute approximate surface area is 96.0 Å². The normalized spacial score (nSPS) is 26.2. The van der Waals surface area contributed by atoms with Crippen molar-refractivity contribution in [2.45, 2.75) is 38.3 Å². The SMILES string of the molecule is C=CCOC(=O)[C@@H]1CCCN1C1=NC1(C)C. The number of carbonyl (C=O) groups is 1. The van der Waals surface area contributed by atoms with Crippen molar-refractivity contribution in [1.82, 2.24) is 4.90 Å². The highest BCUT2D eigenvalue weighted by Crippen LogP contribution is 2.33. The molecule has 1 saturated heterocycles. The van der Waals surface area contributed by atoms with Crippen LogP contribution in [0.5, 0.6) is 0 Å². The molecule has 0 unspecified atom stereocenters. The van der Waals surface area contributed by atoms with E-state index in [1.165, 1.54) is 0 Å². The van der Waals surface area contributed by atoms with Crippen LogP contribution in [-0.4, -0.2) is 41.4 Å². The number of hydrogen-bond donors (Lipinski definition) is 0. The number of nitrogens with zero attached hydrogens (tertiary/aromatic N) is 2. The predicted octanol–water partition coefficient (Wildman–Crippen LogP) is 1.37. The van der Waals surface area contributed by atoms with Crippen LogP contribution in [-0.2, 0) is 9.53 Å². The second-order valence-electron chi connectivity index (χ2n) is 4.76. The van der Waals surface area contributed by atoms with Gasteiger partial charge >= 0.3 is 5.97 Å². The highest BCUT2D eigenvalue weighted by molar-refractivity contribution is 6.04. The topological polar surface area (TPSA) is 41.9 Å². The molecule has 0 saturated carbocycles. The van der Waals surface area contributed by atoms with Crippen molar-refractivity contribution in [2.24, 2.45) is 4.99 Å². The summed E-state index contributed by atoms with van der Waals surface area (Å²) in [5.74, 6) is 0.897. The Kier molecular flexibility index (Phi) is 2.74. The fourth-order valence-corrected chi connectivity index (χ4v) is 2.15. The van der Waals surface area contributed by atoms with Gasteiger partial charge in [-0.15, -0.1) is 0 Å². The molecule has 0 aromatic carbocycles. The Hall–Kier alpha value is -1.32. The summed E-state index contributed by atoms with van der Waals surface area (Å²) < 4.78 is 5.10. The van der Waals surface area contributed by atoms with Gasteiger partial charge in [-0.1, -0.05) is 12.7 Å². The molecule has 0 spiro atoms. The zero-order chi connectivity index (χ0) is 11.8. The fraction of sp³-hybridized carbons (Fsp3) is 0.667. The summed E-state index contributed by atoms with van der Waals surface area (Å²) in [6, 6.07) is -0.138. The molecule has 16 heavy (non-hydrogen) atoms. The molecule has 1 fully saturated rings. The predicted molar refractivity (Wildman–Crippen MR) is 62.4 cm³/mol. The molecular weight excluding hydrogens is 204 g/mol. The molecule has 0 aromatic rings. The third kappa shape index (κ3) is 1.96. The van der Waals surface area contributed by atoms with E-state index in [0.29, 0.717) is 6.61 Å². The van der Waals surface area contributed by atoms with Gasteiger partial charge in [0.15, 0.2) is 0 Å². The van der Waals surface area contributed by atoms with Crippen LogP contribution in [0.1, 0.15) is 26.7 Å². The zero-order valence-electron chi connectivity index (χ0n) is 9.90. The van der Waals surface area contributed by atoms with Crippen LogP contribution < -0.4 is 0 Å². The number of likely N-dealkylation sites (tertiary alicyclic amines) is 1. The minimum Gasteiger partial charge on any atom is -0.460 e. The molecule has 4 nitrogen and oxygen atoms in total. The number of aliphatic imine (C=N–C) groups is 1. The summed E-state index contributed by atoms with van der Waals surface area (Å²) >= 11 is 0. The molecule has 4 heteroatoms. The number of ether oxygens (including phenoxy) is 1. The van der Waals surface area contributed by atoms with Crippen LogP contribution >= 0.6 is 0 Å². The molecule has 2 aliphatic heterocycles.